The van der Waals surface area contributed by atoms with Gasteiger partial charge in [0.2, 0.25) is 0 Å². The van der Waals surface area contributed by atoms with Crippen LogP contribution in [0.25, 0.3) is 0 Å². The minimum absolute atomic E-state index is 0.251. The molecule has 6 heteroatoms. The molecular weight excluding hydrogens is 272 g/mol. The van der Waals surface area contributed by atoms with Crippen LogP contribution in [0.5, 0.6) is 0 Å². The number of halogens is 4. The van der Waals surface area contributed by atoms with Gasteiger partial charge in [-0.1, -0.05) is 6.92 Å². The molecule has 0 radical (unpaired) electrons. The van der Waals surface area contributed by atoms with Gasteiger partial charge >= 0.3 is 6.18 Å². The van der Waals surface area contributed by atoms with Crippen LogP contribution in [0, 0.1) is 5.82 Å². The first-order chi connectivity index (χ1) is 9.41. The molecule has 0 aliphatic carbocycles. The van der Waals surface area contributed by atoms with E-state index in [4.69, 9.17) is 0 Å². The third kappa shape index (κ3) is 3.42. The molecule has 20 heavy (non-hydrogen) atoms. The summed E-state index contributed by atoms with van der Waals surface area (Å²) in [5, 5.41) is 3.30. The van der Waals surface area contributed by atoms with Gasteiger partial charge in [0.25, 0.3) is 0 Å². The SMILES string of the molecule is CCNC1CCCN(c2ccc(C(F)(F)F)cc2F)C1. The number of benzene rings is 1. The van der Waals surface area contributed by atoms with Gasteiger partial charge < -0.3 is 10.2 Å². The molecule has 2 nitrogen and oxygen atoms in total. The average Bonchev–Trinajstić information content (AvgIpc) is 2.38. The highest BCUT2D eigenvalue weighted by Crippen LogP contribution is 2.32. The summed E-state index contributed by atoms with van der Waals surface area (Å²) in [6.07, 6.45) is -2.60. The molecule has 1 aromatic rings. The largest absolute Gasteiger partial charge is 0.416 e. The van der Waals surface area contributed by atoms with Crippen molar-refractivity contribution >= 4 is 5.69 Å². The lowest BCUT2D eigenvalue weighted by Crippen LogP contribution is -2.46. The Morgan fingerprint density at radius 2 is 2.10 bits per heavy atom. The van der Waals surface area contributed by atoms with Crippen LogP contribution >= 0.6 is 0 Å². The molecule has 0 spiro atoms. The van der Waals surface area contributed by atoms with Crippen LogP contribution in [0.2, 0.25) is 0 Å². The predicted octanol–water partition coefficient (Wildman–Crippen LogP) is 3.42. The minimum Gasteiger partial charge on any atom is -0.368 e. The zero-order valence-corrected chi connectivity index (χ0v) is 11.3. The van der Waals surface area contributed by atoms with Crippen LogP contribution in [0.1, 0.15) is 25.3 Å². The van der Waals surface area contributed by atoms with Gasteiger partial charge in [0.15, 0.2) is 0 Å². The van der Waals surface area contributed by atoms with E-state index in [9.17, 15) is 17.6 Å². The Morgan fingerprint density at radius 1 is 1.35 bits per heavy atom. The van der Waals surface area contributed by atoms with Gasteiger partial charge in [-0.15, -0.1) is 0 Å². The molecule has 1 heterocycles. The second-order valence-corrected chi connectivity index (χ2v) is 5.01. The number of alkyl halides is 3. The summed E-state index contributed by atoms with van der Waals surface area (Å²) in [5.74, 6) is -0.808. The Labute approximate surface area is 115 Å². The molecule has 0 aromatic heterocycles. The van der Waals surface area contributed by atoms with Crippen molar-refractivity contribution in [2.24, 2.45) is 0 Å². The van der Waals surface area contributed by atoms with E-state index in [1.165, 1.54) is 6.07 Å². The van der Waals surface area contributed by atoms with Gasteiger partial charge in [-0.3, -0.25) is 0 Å². The number of nitrogens with one attached hydrogen (secondary N) is 1. The molecule has 0 saturated carbocycles. The highest BCUT2D eigenvalue weighted by atomic mass is 19.4. The van der Waals surface area contributed by atoms with E-state index in [0.717, 1.165) is 25.5 Å². The molecule has 1 atom stereocenters. The lowest BCUT2D eigenvalue weighted by atomic mass is 10.0. The van der Waals surface area contributed by atoms with Gasteiger partial charge in [0, 0.05) is 19.1 Å². The maximum Gasteiger partial charge on any atom is 0.416 e. The van der Waals surface area contributed by atoms with Crippen molar-refractivity contribution in [3.63, 3.8) is 0 Å². The summed E-state index contributed by atoms with van der Waals surface area (Å²) in [6, 6.07) is 3.00. The van der Waals surface area contributed by atoms with Crippen molar-refractivity contribution in [1.29, 1.82) is 0 Å². The minimum atomic E-state index is -4.51. The zero-order valence-electron chi connectivity index (χ0n) is 11.3. The Balaban J connectivity index is 2.16. The van der Waals surface area contributed by atoms with E-state index in [0.29, 0.717) is 19.2 Å². The molecule has 112 valence electrons. The highest BCUT2D eigenvalue weighted by Gasteiger charge is 2.32. The fourth-order valence-electron chi connectivity index (χ4n) is 2.59. The van der Waals surface area contributed by atoms with Crippen molar-refractivity contribution < 1.29 is 17.6 Å². The molecule has 0 amide bonds. The maximum atomic E-state index is 13.9. The first-order valence-electron chi connectivity index (χ1n) is 6.77. The van der Waals surface area contributed by atoms with E-state index in [-0.39, 0.29) is 11.7 Å². The van der Waals surface area contributed by atoms with E-state index in [2.05, 4.69) is 5.32 Å². The quantitative estimate of drug-likeness (QED) is 0.858. The maximum absolute atomic E-state index is 13.9. The predicted molar refractivity (Wildman–Crippen MR) is 70.3 cm³/mol. The molecule has 1 aliphatic rings. The molecule has 1 aromatic carbocycles. The van der Waals surface area contributed by atoms with Crippen molar-refractivity contribution in [3.05, 3.63) is 29.6 Å². The van der Waals surface area contributed by atoms with Crippen LogP contribution in [0.3, 0.4) is 0 Å². The van der Waals surface area contributed by atoms with Crippen LogP contribution in [-0.2, 0) is 6.18 Å². The number of rotatable bonds is 3. The fraction of sp³-hybridized carbons (Fsp3) is 0.571. The summed E-state index contributed by atoms with van der Waals surface area (Å²) < 4.78 is 51.5. The summed E-state index contributed by atoms with van der Waals surface area (Å²) in [6.45, 7) is 4.12. The van der Waals surface area contributed by atoms with Gasteiger partial charge in [0.05, 0.1) is 11.3 Å². The number of hydrogen-bond acceptors (Lipinski definition) is 2. The molecule has 1 saturated heterocycles. The monoisotopic (exact) mass is 290 g/mol. The fourth-order valence-corrected chi connectivity index (χ4v) is 2.59. The normalized spacial score (nSPS) is 20.2. The smallest absolute Gasteiger partial charge is 0.368 e. The van der Waals surface area contributed by atoms with Gasteiger partial charge in [-0.2, -0.15) is 13.2 Å². The summed E-state index contributed by atoms with van der Waals surface area (Å²) in [7, 11) is 0. The Bertz CT molecular complexity index is 457. The topological polar surface area (TPSA) is 15.3 Å². The lowest BCUT2D eigenvalue weighted by molar-refractivity contribution is -0.137. The van der Waals surface area contributed by atoms with E-state index < -0.39 is 17.6 Å². The standard InChI is InChI=1S/C14H18F4N2/c1-2-19-11-4-3-7-20(9-11)13-6-5-10(8-12(13)15)14(16,17)18/h5-6,8,11,19H,2-4,7,9H2,1H3. The zero-order chi connectivity index (χ0) is 14.8. The highest BCUT2D eigenvalue weighted by molar-refractivity contribution is 5.50. The third-order valence-corrected chi connectivity index (χ3v) is 3.53. The molecule has 1 N–H and O–H groups in total. The van der Waals surface area contributed by atoms with Crippen molar-refractivity contribution in [2.45, 2.75) is 32.0 Å². The number of likely N-dealkylation sites (N-methyl/N-ethyl adjacent to an activating group) is 1. The van der Waals surface area contributed by atoms with Crippen LogP contribution < -0.4 is 10.2 Å². The molecule has 0 bridgehead atoms. The van der Waals surface area contributed by atoms with Crippen molar-refractivity contribution in [3.8, 4) is 0 Å². The van der Waals surface area contributed by atoms with Crippen LogP contribution in [-0.4, -0.2) is 25.7 Å². The molecule has 1 unspecified atom stereocenters. The first-order valence-corrected chi connectivity index (χ1v) is 6.77. The number of piperidine rings is 1. The number of anilines is 1. The molecule has 1 fully saturated rings. The van der Waals surface area contributed by atoms with Gasteiger partial charge in [-0.25, -0.2) is 4.39 Å². The van der Waals surface area contributed by atoms with Crippen LogP contribution in [0.4, 0.5) is 23.2 Å². The number of nitrogens with zero attached hydrogens (tertiary/aromatic N) is 1. The van der Waals surface area contributed by atoms with Crippen LogP contribution in [0.15, 0.2) is 18.2 Å². The third-order valence-electron chi connectivity index (χ3n) is 3.53. The van der Waals surface area contributed by atoms with Gasteiger partial charge in [0.1, 0.15) is 5.82 Å². The van der Waals surface area contributed by atoms with Crippen molar-refractivity contribution in [2.75, 3.05) is 24.5 Å². The Hall–Kier alpha value is -1.30. The lowest BCUT2D eigenvalue weighted by Gasteiger charge is -2.35. The van der Waals surface area contributed by atoms with E-state index in [1.807, 2.05) is 11.8 Å². The number of hydrogen-bond donors (Lipinski definition) is 1. The van der Waals surface area contributed by atoms with Gasteiger partial charge in [-0.05, 0) is 37.6 Å². The molecule has 1 aliphatic heterocycles. The van der Waals surface area contributed by atoms with E-state index in [1.54, 1.807) is 0 Å². The first kappa shape index (κ1) is 15.1. The Morgan fingerprint density at radius 3 is 2.70 bits per heavy atom. The molecule has 2 rings (SSSR count). The second-order valence-electron chi connectivity index (χ2n) is 5.01. The molecular formula is C14H18F4N2. The second kappa shape index (κ2) is 5.99. The van der Waals surface area contributed by atoms with Crippen molar-refractivity contribution in [1.82, 2.24) is 5.32 Å². The summed E-state index contributed by atoms with van der Waals surface area (Å²) in [4.78, 5) is 1.81. The average molecular weight is 290 g/mol. The summed E-state index contributed by atoms with van der Waals surface area (Å²) in [5.41, 5.74) is -0.695. The van der Waals surface area contributed by atoms with E-state index >= 15 is 0 Å². The summed E-state index contributed by atoms with van der Waals surface area (Å²) >= 11 is 0. The Kier molecular flexibility index (Phi) is 4.52.